The van der Waals surface area contributed by atoms with Crippen molar-refractivity contribution in [2.75, 3.05) is 25.6 Å². The number of carbonyl (C=O) groups is 2. The quantitative estimate of drug-likeness (QED) is 0.857. The van der Waals surface area contributed by atoms with Crippen LogP contribution in [0.2, 0.25) is 0 Å². The largest absolute Gasteiger partial charge is 0.489 e. The zero-order chi connectivity index (χ0) is 14.4. The van der Waals surface area contributed by atoms with Gasteiger partial charge in [0.2, 0.25) is 5.75 Å². The first-order chi connectivity index (χ1) is 9.70. The molecule has 0 saturated carbocycles. The van der Waals surface area contributed by atoms with Crippen molar-refractivity contribution in [3.05, 3.63) is 18.2 Å². The van der Waals surface area contributed by atoms with Crippen molar-refractivity contribution >= 4 is 23.5 Å². The number of halogens is 1. The summed E-state index contributed by atoms with van der Waals surface area (Å²) in [5.74, 6) is 0.724. The molecular formula is C13H14ClNO5. The van der Waals surface area contributed by atoms with Gasteiger partial charge in [-0.3, -0.25) is 4.79 Å². The van der Waals surface area contributed by atoms with Gasteiger partial charge in [0, 0.05) is 6.42 Å². The Morgan fingerprint density at radius 2 is 2.10 bits per heavy atom. The number of rotatable bonds is 4. The van der Waals surface area contributed by atoms with E-state index in [2.05, 4.69) is 5.32 Å². The lowest BCUT2D eigenvalue weighted by molar-refractivity contribution is -0.115. The highest BCUT2D eigenvalue weighted by Crippen LogP contribution is 2.38. The Morgan fingerprint density at radius 1 is 1.30 bits per heavy atom. The van der Waals surface area contributed by atoms with Gasteiger partial charge < -0.3 is 19.5 Å². The van der Waals surface area contributed by atoms with Gasteiger partial charge in [0.1, 0.15) is 0 Å². The summed E-state index contributed by atoms with van der Waals surface area (Å²) in [6, 6.07) is 5.03. The molecule has 0 aliphatic carbocycles. The minimum absolute atomic E-state index is 0.155. The van der Waals surface area contributed by atoms with Gasteiger partial charge in [-0.15, -0.1) is 11.6 Å². The van der Waals surface area contributed by atoms with Gasteiger partial charge in [0.25, 0.3) is 0 Å². The molecule has 1 N–H and O–H groups in total. The molecule has 6 nitrogen and oxygen atoms in total. The van der Waals surface area contributed by atoms with Crippen molar-refractivity contribution in [3.8, 4) is 17.2 Å². The van der Waals surface area contributed by atoms with E-state index in [-0.39, 0.29) is 24.0 Å². The van der Waals surface area contributed by atoms with Gasteiger partial charge in [0.05, 0.1) is 25.6 Å². The Bertz CT molecular complexity index is 506. The van der Waals surface area contributed by atoms with Crippen molar-refractivity contribution in [1.82, 2.24) is 5.32 Å². The molecule has 1 aliphatic rings. The van der Waals surface area contributed by atoms with Gasteiger partial charge in [0.15, 0.2) is 17.3 Å². The number of Topliss-reactive ketones (excluding diaryl/α,β-unsaturated/α-hetero) is 1. The third-order valence-corrected chi connectivity index (χ3v) is 2.82. The lowest BCUT2D eigenvalue weighted by Gasteiger charge is -2.12. The highest BCUT2D eigenvalue weighted by molar-refractivity contribution is 6.28. The predicted octanol–water partition coefficient (Wildman–Crippen LogP) is 1.74. The van der Waals surface area contributed by atoms with Crippen LogP contribution in [-0.2, 0) is 4.79 Å². The smallest absolute Gasteiger partial charge is 0.413 e. The molecule has 0 aromatic heterocycles. The average Bonchev–Trinajstić information content (AvgIpc) is 2.71. The molecule has 0 saturated heterocycles. The highest BCUT2D eigenvalue weighted by atomic mass is 35.5. The number of ether oxygens (including phenoxy) is 3. The molecule has 108 valence electrons. The van der Waals surface area contributed by atoms with Crippen LogP contribution >= 0.6 is 11.6 Å². The monoisotopic (exact) mass is 299 g/mol. The van der Waals surface area contributed by atoms with Gasteiger partial charge in [-0.1, -0.05) is 6.07 Å². The maximum Gasteiger partial charge on any atom is 0.413 e. The first-order valence-electron chi connectivity index (χ1n) is 6.12. The molecule has 0 fully saturated rings. The summed E-state index contributed by atoms with van der Waals surface area (Å²) in [5.41, 5.74) is 0. The number of fused-ring (bicyclic) bond motifs is 1. The maximum atomic E-state index is 11.6. The predicted molar refractivity (Wildman–Crippen MR) is 71.8 cm³/mol. The zero-order valence-corrected chi connectivity index (χ0v) is 11.4. The van der Waals surface area contributed by atoms with Crippen molar-refractivity contribution in [2.24, 2.45) is 0 Å². The topological polar surface area (TPSA) is 73.9 Å². The van der Waals surface area contributed by atoms with Crippen LogP contribution in [-0.4, -0.2) is 37.5 Å². The van der Waals surface area contributed by atoms with E-state index in [9.17, 15) is 9.59 Å². The summed E-state index contributed by atoms with van der Waals surface area (Å²) < 4.78 is 16.1. The fourth-order valence-corrected chi connectivity index (χ4v) is 1.70. The lowest BCUT2D eigenvalue weighted by Crippen LogP contribution is -2.32. The number of hydrogen-bond acceptors (Lipinski definition) is 5. The molecule has 1 amide bonds. The standard InChI is InChI=1S/C13H14ClNO5/c14-7-9(16)8-15-13(17)20-11-4-1-3-10-12(11)19-6-2-5-18-10/h1,3-4H,2,5-8H2,(H,15,17). The molecule has 7 heteroatoms. The van der Waals surface area contributed by atoms with E-state index in [0.29, 0.717) is 24.7 Å². The first-order valence-corrected chi connectivity index (χ1v) is 6.66. The van der Waals surface area contributed by atoms with Crippen LogP contribution in [0.5, 0.6) is 17.2 Å². The number of benzene rings is 1. The molecule has 1 aromatic carbocycles. The molecule has 0 unspecified atom stereocenters. The number of hydrogen-bond donors (Lipinski definition) is 1. The first kappa shape index (κ1) is 14.5. The second-order valence-electron chi connectivity index (χ2n) is 4.05. The Balaban J connectivity index is 2.02. The Hall–Kier alpha value is -1.95. The van der Waals surface area contributed by atoms with E-state index in [1.54, 1.807) is 18.2 Å². The SMILES string of the molecule is O=C(CCl)CNC(=O)Oc1cccc2c1OCCCO2. The van der Waals surface area contributed by atoms with E-state index in [1.807, 2.05) is 0 Å². The Kier molecular flexibility index (Phi) is 5.06. The van der Waals surface area contributed by atoms with Crippen molar-refractivity contribution < 1.29 is 23.8 Å². The van der Waals surface area contributed by atoms with Crippen molar-refractivity contribution in [1.29, 1.82) is 0 Å². The highest BCUT2D eigenvalue weighted by Gasteiger charge is 2.18. The lowest BCUT2D eigenvalue weighted by atomic mass is 10.3. The van der Waals surface area contributed by atoms with Crippen LogP contribution in [0.25, 0.3) is 0 Å². The van der Waals surface area contributed by atoms with Crippen LogP contribution in [0.4, 0.5) is 4.79 Å². The molecular weight excluding hydrogens is 286 g/mol. The normalized spacial score (nSPS) is 13.2. The second kappa shape index (κ2) is 7.00. The third-order valence-electron chi connectivity index (χ3n) is 2.52. The summed E-state index contributed by atoms with van der Waals surface area (Å²) in [5, 5.41) is 2.31. The van der Waals surface area contributed by atoms with Crippen LogP contribution in [0, 0.1) is 0 Å². The van der Waals surface area contributed by atoms with E-state index in [1.165, 1.54) is 0 Å². The number of ketones is 1. The second-order valence-corrected chi connectivity index (χ2v) is 4.32. The van der Waals surface area contributed by atoms with Crippen LogP contribution in [0.1, 0.15) is 6.42 Å². The van der Waals surface area contributed by atoms with E-state index in [0.717, 1.165) is 6.42 Å². The molecule has 0 radical (unpaired) electrons. The minimum Gasteiger partial charge on any atom is -0.489 e. The molecule has 1 aromatic rings. The molecule has 0 atom stereocenters. The van der Waals surface area contributed by atoms with E-state index in [4.69, 9.17) is 25.8 Å². The number of para-hydroxylation sites is 1. The summed E-state index contributed by atoms with van der Waals surface area (Å²) in [4.78, 5) is 22.6. The van der Waals surface area contributed by atoms with Crippen molar-refractivity contribution in [3.63, 3.8) is 0 Å². The molecule has 2 rings (SSSR count). The fourth-order valence-electron chi connectivity index (χ4n) is 1.60. The molecule has 0 bridgehead atoms. The minimum atomic E-state index is -0.746. The van der Waals surface area contributed by atoms with Crippen LogP contribution in [0.15, 0.2) is 18.2 Å². The summed E-state index contributed by atoms with van der Waals surface area (Å²) in [6.07, 6.45) is 0.00887. The third kappa shape index (κ3) is 3.77. The zero-order valence-electron chi connectivity index (χ0n) is 10.7. The van der Waals surface area contributed by atoms with Gasteiger partial charge in [-0.25, -0.2) is 4.79 Å². The molecule has 0 spiro atoms. The summed E-state index contributed by atoms with van der Waals surface area (Å²) in [6.45, 7) is 0.862. The van der Waals surface area contributed by atoms with E-state index < -0.39 is 6.09 Å². The summed E-state index contributed by atoms with van der Waals surface area (Å²) in [7, 11) is 0. The number of alkyl halides is 1. The van der Waals surface area contributed by atoms with Crippen LogP contribution in [0.3, 0.4) is 0 Å². The number of nitrogens with one attached hydrogen (secondary N) is 1. The van der Waals surface area contributed by atoms with Gasteiger partial charge in [-0.2, -0.15) is 0 Å². The Labute approximate surface area is 120 Å². The Morgan fingerprint density at radius 3 is 2.90 bits per heavy atom. The van der Waals surface area contributed by atoms with Crippen LogP contribution < -0.4 is 19.5 Å². The number of amides is 1. The van der Waals surface area contributed by atoms with E-state index >= 15 is 0 Å². The van der Waals surface area contributed by atoms with Crippen molar-refractivity contribution in [2.45, 2.75) is 6.42 Å². The number of carbonyl (C=O) groups excluding carboxylic acids is 2. The molecule has 20 heavy (non-hydrogen) atoms. The maximum absolute atomic E-state index is 11.6. The summed E-state index contributed by atoms with van der Waals surface area (Å²) >= 11 is 5.33. The molecule has 1 heterocycles. The molecule has 1 aliphatic heterocycles. The average molecular weight is 300 g/mol. The van der Waals surface area contributed by atoms with Gasteiger partial charge >= 0.3 is 6.09 Å². The van der Waals surface area contributed by atoms with Gasteiger partial charge in [-0.05, 0) is 12.1 Å². The fraction of sp³-hybridized carbons (Fsp3) is 0.385.